The molecule has 0 fully saturated rings. The number of rotatable bonds is 6. The number of aryl methyl sites for hydroxylation is 2. The predicted octanol–water partition coefficient (Wildman–Crippen LogP) is 2.79. The Balaban J connectivity index is 1.53. The van der Waals surface area contributed by atoms with Crippen molar-refractivity contribution in [1.82, 2.24) is 15.6 Å². The summed E-state index contributed by atoms with van der Waals surface area (Å²) in [6, 6.07) is 6.07. The van der Waals surface area contributed by atoms with Crippen molar-refractivity contribution >= 4 is 17.3 Å². The van der Waals surface area contributed by atoms with Crippen molar-refractivity contribution in [3.63, 3.8) is 0 Å². The van der Waals surface area contributed by atoms with Crippen molar-refractivity contribution in [1.29, 1.82) is 0 Å². The second kappa shape index (κ2) is 8.20. The number of thiazole rings is 1. The van der Waals surface area contributed by atoms with Gasteiger partial charge in [-0.25, -0.2) is 9.98 Å². The maximum absolute atomic E-state index is 5.42. The fraction of sp³-hybridized carbons (Fsp3) is 0.444. The molecule has 0 atom stereocenters. The van der Waals surface area contributed by atoms with Crippen LogP contribution in [0.25, 0.3) is 0 Å². The molecule has 1 aliphatic heterocycles. The molecule has 1 aromatic carbocycles. The van der Waals surface area contributed by atoms with E-state index in [1.54, 1.807) is 11.3 Å². The highest BCUT2D eigenvalue weighted by atomic mass is 32.1. The summed E-state index contributed by atoms with van der Waals surface area (Å²) in [6.07, 6.45) is 0.885. The quantitative estimate of drug-likeness (QED) is 0.612. The molecule has 7 heteroatoms. The topological polar surface area (TPSA) is 67.8 Å². The van der Waals surface area contributed by atoms with Gasteiger partial charge >= 0.3 is 0 Å². The zero-order valence-corrected chi connectivity index (χ0v) is 15.7. The van der Waals surface area contributed by atoms with Crippen LogP contribution in [0.2, 0.25) is 0 Å². The summed E-state index contributed by atoms with van der Waals surface area (Å²) in [5, 5.41) is 7.69. The Morgan fingerprint density at radius 2 is 2.08 bits per heavy atom. The molecule has 1 aliphatic rings. The van der Waals surface area contributed by atoms with Crippen molar-refractivity contribution in [2.45, 2.75) is 33.7 Å². The van der Waals surface area contributed by atoms with Crippen LogP contribution in [-0.4, -0.2) is 30.8 Å². The van der Waals surface area contributed by atoms with Gasteiger partial charge in [0.1, 0.15) is 5.01 Å². The Morgan fingerprint density at radius 1 is 1.24 bits per heavy atom. The van der Waals surface area contributed by atoms with Gasteiger partial charge < -0.3 is 20.1 Å². The van der Waals surface area contributed by atoms with Gasteiger partial charge in [-0.15, -0.1) is 11.3 Å². The number of fused-ring (bicyclic) bond motifs is 1. The number of hydrogen-bond donors (Lipinski definition) is 2. The molecule has 134 valence electrons. The largest absolute Gasteiger partial charge is 0.454 e. The second-order valence-corrected chi connectivity index (χ2v) is 7.10. The van der Waals surface area contributed by atoms with Gasteiger partial charge in [0.2, 0.25) is 6.79 Å². The number of benzene rings is 1. The minimum atomic E-state index is 0.309. The number of aliphatic imine (C=N–C) groups is 1. The van der Waals surface area contributed by atoms with Crippen LogP contribution in [0.15, 0.2) is 23.2 Å². The number of aromatic nitrogens is 1. The van der Waals surface area contributed by atoms with E-state index >= 15 is 0 Å². The third-order valence-electron chi connectivity index (χ3n) is 3.93. The minimum Gasteiger partial charge on any atom is -0.454 e. The third kappa shape index (κ3) is 4.63. The molecule has 0 spiro atoms. The molecule has 0 aliphatic carbocycles. The van der Waals surface area contributed by atoms with Crippen LogP contribution in [0.1, 0.15) is 28.1 Å². The lowest BCUT2D eigenvalue weighted by Gasteiger charge is -2.11. The first-order valence-electron chi connectivity index (χ1n) is 8.49. The Hall–Kier alpha value is -2.28. The van der Waals surface area contributed by atoms with Gasteiger partial charge in [0.05, 0.1) is 12.2 Å². The SMILES string of the molecule is CCNC(=NCc1nc(C)c(C)s1)NCCc1ccc2c(c1)OCO2. The molecule has 2 heterocycles. The average Bonchev–Trinajstić information content (AvgIpc) is 3.19. The summed E-state index contributed by atoms with van der Waals surface area (Å²) < 4.78 is 10.8. The lowest BCUT2D eigenvalue weighted by molar-refractivity contribution is 0.174. The molecule has 0 unspecified atom stereocenters. The summed E-state index contributed by atoms with van der Waals surface area (Å²) in [6.45, 7) is 8.71. The molecule has 25 heavy (non-hydrogen) atoms. The van der Waals surface area contributed by atoms with Crippen LogP contribution < -0.4 is 20.1 Å². The first-order chi connectivity index (χ1) is 12.2. The smallest absolute Gasteiger partial charge is 0.231 e. The number of guanidine groups is 1. The summed E-state index contributed by atoms with van der Waals surface area (Å²) in [5.74, 6) is 2.46. The van der Waals surface area contributed by atoms with E-state index in [-0.39, 0.29) is 0 Å². The molecule has 3 rings (SSSR count). The Kier molecular flexibility index (Phi) is 5.75. The molecule has 0 saturated carbocycles. The van der Waals surface area contributed by atoms with Crippen molar-refractivity contribution in [2.24, 2.45) is 4.99 Å². The highest BCUT2D eigenvalue weighted by Crippen LogP contribution is 2.32. The van der Waals surface area contributed by atoms with Gasteiger partial charge in [-0.05, 0) is 44.9 Å². The van der Waals surface area contributed by atoms with Crippen LogP contribution in [-0.2, 0) is 13.0 Å². The Morgan fingerprint density at radius 3 is 2.84 bits per heavy atom. The van der Waals surface area contributed by atoms with Gasteiger partial charge in [-0.3, -0.25) is 0 Å². The van der Waals surface area contributed by atoms with E-state index < -0.39 is 0 Å². The van der Waals surface area contributed by atoms with Gasteiger partial charge in [0.15, 0.2) is 17.5 Å². The van der Waals surface area contributed by atoms with Gasteiger partial charge in [-0.2, -0.15) is 0 Å². The number of nitrogens with zero attached hydrogens (tertiary/aromatic N) is 2. The first-order valence-corrected chi connectivity index (χ1v) is 9.31. The van der Waals surface area contributed by atoms with E-state index in [0.29, 0.717) is 13.3 Å². The summed E-state index contributed by atoms with van der Waals surface area (Å²) in [5.41, 5.74) is 2.30. The molecule has 6 nitrogen and oxygen atoms in total. The van der Waals surface area contributed by atoms with Crippen LogP contribution in [0.5, 0.6) is 11.5 Å². The second-order valence-electron chi connectivity index (χ2n) is 5.81. The molecular formula is C18H24N4O2S. The normalized spacial score (nSPS) is 13.2. The summed E-state index contributed by atoms with van der Waals surface area (Å²) in [7, 11) is 0. The standard InChI is InChI=1S/C18H24N4O2S/c1-4-19-18(21-10-17-22-12(2)13(3)25-17)20-8-7-14-5-6-15-16(9-14)24-11-23-15/h5-6,9H,4,7-8,10-11H2,1-3H3,(H2,19,20,21). The first kappa shape index (κ1) is 17.5. The zero-order chi connectivity index (χ0) is 17.6. The number of ether oxygens (including phenoxy) is 2. The molecular weight excluding hydrogens is 336 g/mol. The number of hydrogen-bond acceptors (Lipinski definition) is 5. The zero-order valence-electron chi connectivity index (χ0n) is 14.9. The predicted molar refractivity (Wildman–Crippen MR) is 101 cm³/mol. The van der Waals surface area contributed by atoms with Crippen LogP contribution in [0.3, 0.4) is 0 Å². The summed E-state index contributed by atoms with van der Waals surface area (Å²) in [4.78, 5) is 10.4. The van der Waals surface area contributed by atoms with Gasteiger partial charge in [0, 0.05) is 18.0 Å². The van der Waals surface area contributed by atoms with Crippen molar-refractivity contribution in [2.75, 3.05) is 19.9 Å². The van der Waals surface area contributed by atoms with Crippen molar-refractivity contribution in [3.8, 4) is 11.5 Å². The van der Waals surface area contributed by atoms with Gasteiger partial charge in [-0.1, -0.05) is 6.07 Å². The van der Waals surface area contributed by atoms with Crippen LogP contribution in [0, 0.1) is 13.8 Å². The Labute approximate surface area is 152 Å². The van der Waals surface area contributed by atoms with E-state index in [1.165, 1.54) is 10.4 Å². The molecule has 0 amide bonds. The lowest BCUT2D eigenvalue weighted by Crippen LogP contribution is -2.38. The highest BCUT2D eigenvalue weighted by Gasteiger charge is 2.13. The third-order valence-corrected chi connectivity index (χ3v) is 4.99. The molecule has 2 aromatic rings. The lowest BCUT2D eigenvalue weighted by atomic mass is 10.1. The maximum atomic E-state index is 5.42. The van der Waals surface area contributed by atoms with Crippen molar-refractivity contribution in [3.05, 3.63) is 39.3 Å². The van der Waals surface area contributed by atoms with E-state index in [1.807, 2.05) is 19.1 Å². The number of nitrogens with one attached hydrogen (secondary N) is 2. The fourth-order valence-corrected chi connectivity index (χ4v) is 3.38. The van der Waals surface area contributed by atoms with Gasteiger partial charge in [0.25, 0.3) is 0 Å². The minimum absolute atomic E-state index is 0.309. The average molecular weight is 360 g/mol. The van der Waals surface area contributed by atoms with Crippen LogP contribution in [0.4, 0.5) is 0 Å². The molecule has 0 radical (unpaired) electrons. The maximum Gasteiger partial charge on any atom is 0.231 e. The summed E-state index contributed by atoms with van der Waals surface area (Å²) >= 11 is 1.71. The van der Waals surface area contributed by atoms with E-state index in [9.17, 15) is 0 Å². The molecule has 1 aromatic heterocycles. The molecule has 0 bridgehead atoms. The Bertz CT molecular complexity index is 738. The van der Waals surface area contributed by atoms with E-state index in [4.69, 9.17) is 9.47 Å². The van der Waals surface area contributed by atoms with Crippen molar-refractivity contribution < 1.29 is 9.47 Å². The monoisotopic (exact) mass is 360 g/mol. The van der Waals surface area contributed by atoms with Crippen LogP contribution >= 0.6 is 11.3 Å². The van der Waals surface area contributed by atoms with E-state index in [0.717, 1.165) is 47.7 Å². The van der Waals surface area contributed by atoms with E-state index in [2.05, 4.69) is 40.5 Å². The highest BCUT2D eigenvalue weighted by molar-refractivity contribution is 7.11. The molecule has 0 saturated heterocycles. The fourth-order valence-electron chi connectivity index (χ4n) is 2.52. The molecule has 2 N–H and O–H groups in total.